The maximum atomic E-state index is 5.79. The highest BCUT2D eigenvalue weighted by atomic mass is 32.1. The second-order valence-electron chi connectivity index (χ2n) is 7.22. The lowest BCUT2D eigenvalue weighted by atomic mass is 9.96. The zero-order chi connectivity index (χ0) is 19.1. The Labute approximate surface area is 169 Å². The highest BCUT2D eigenvalue weighted by molar-refractivity contribution is 7.80. The molecule has 6 heteroatoms. The molecule has 0 saturated heterocycles. The van der Waals surface area contributed by atoms with Gasteiger partial charge in [0, 0.05) is 34.9 Å². The first kappa shape index (κ1) is 17.4. The second kappa shape index (κ2) is 7.02. The summed E-state index contributed by atoms with van der Waals surface area (Å²) in [5, 5.41) is 5.48. The van der Waals surface area contributed by atoms with Crippen molar-refractivity contribution >= 4 is 33.9 Å². The Morgan fingerprint density at radius 1 is 1.18 bits per heavy atom. The lowest BCUT2D eigenvalue weighted by Crippen LogP contribution is -2.42. The van der Waals surface area contributed by atoms with Crippen LogP contribution in [-0.2, 0) is 6.42 Å². The lowest BCUT2D eigenvalue weighted by Gasteiger charge is -2.37. The fourth-order valence-electron chi connectivity index (χ4n) is 4.30. The van der Waals surface area contributed by atoms with Crippen LogP contribution in [0.3, 0.4) is 0 Å². The van der Waals surface area contributed by atoms with Gasteiger partial charge in [-0.05, 0) is 48.8 Å². The molecule has 3 aromatic rings. The molecule has 2 N–H and O–H groups in total. The number of hydrogen-bond donors (Lipinski definition) is 2. The van der Waals surface area contributed by atoms with Gasteiger partial charge in [0.1, 0.15) is 13.2 Å². The summed E-state index contributed by atoms with van der Waals surface area (Å²) in [5.41, 5.74) is 4.85. The number of aromatic nitrogens is 1. The number of aromatic amines is 1. The molecule has 28 heavy (non-hydrogen) atoms. The van der Waals surface area contributed by atoms with Gasteiger partial charge in [-0.3, -0.25) is 0 Å². The van der Waals surface area contributed by atoms with Gasteiger partial charge in [-0.2, -0.15) is 0 Å². The minimum absolute atomic E-state index is 0.244. The summed E-state index contributed by atoms with van der Waals surface area (Å²) < 4.78 is 11.3. The van der Waals surface area contributed by atoms with E-state index in [0.29, 0.717) is 13.2 Å². The van der Waals surface area contributed by atoms with E-state index in [1.54, 1.807) is 0 Å². The summed E-state index contributed by atoms with van der Waals surface area (Å²) in [4.78, 5) is 5.94. The number of nitrogens with one attached hydrogen (secondary N) is 2. The SMILES string of the molecule is CCC1c2[nH]c3ccccc3c2CCN1C(=S)Nc1ccc2c(c1)OCCO2. The van der Waals surface area contributed by atoms with Crippen LogP contribution in [0.15, 0.2) is 42.5 Å². The minimum Gasteiger partial charge on any atom is -0.486 e. The third-order valence-electron chi connectivity index (χ3n) is 5.60. The summed E-state index contributed by atoms with van der Waals surface area (Å²) >= 11 is 5.79. The summed E-state index contributed by atoms with van der Waals surface area (Å²) in [6, 6.07) is 14.7. The van der Waals surface area contributed by atoms with E-state index in [2.05, 4.69) is 46.4 Å². The van der Waals surface area contributed by atoms with Crippen molar-refractivity contribution in [1.82, 2.24) is 9.88 Å². The Morgan fingerprint density at radius 3 is 2.86 bits per heavy atom. The van der Waals surface area contributed by atoms with Crippen molar-refractivity contribution in [3.05, 3.63) is 53.7 Å². The Bertz CT molecular complexity index is 1050. The number of nitrogens with zero attached hydrogens (tertiary/aromatic N) is 1. The number of benzene rings is 2. The van der Waals surface area contributed by atoms with E-state index in [0.717, 1.165) is 41.7 Å². The maximum Gasteiger partial charge on any atom is 0.174 e. The molecule has 0 fully saturated rings. The number of para-hydroxylation sites is 1. The first-order valence-electron chi connectivity index (χ1n) is 9.81. The number of H-pyrrole nitrogens is 1. The van der Waals surface area contributed by atoms with Crippen LogP contribution >= 0.6 is 12.2 Å². The molecule has 3 heterocycles. The van der Waals surface area contributed by atoms with Crippen LogP contribution in [0, 0.1) is 0 Å². The summed E-state index contributed by atoms with van der Waals surface area (Å²) in [6.45, 7) is 4.29. The molecular formula is C22H23N3O2S. The van der Waals surface area contributed by atoms with Crippen LogP contribution in [-0.4, -0.2) is 34.8 Å². The predicted molar refractivity (Wildman–Crippen MR) is 115 cm³/mol. The fraction of sp³-hybridized carbons (Fsp3) is 0.318. The van der Waals surface area contributed by atoms with Crippen LogP contribution in [0.5, 0.6) is 11.5 Å². The smallest absolute Gasteiger partial charge is 0.174 e. The molecule has 0 saturated carbocycles. The number of ether oxygens (including phenoxy) is 2. The van der Waals surface area contributed by atoms with Gasteiger partial charge in [0.05, 0.1) is 6.04 Å². The van der Waals surface area contributed by atoms with E-state index in [1.165, 1.54) is 22.2 Å². The van der Waals surface area contributed by atoms with Gasteiger partial charge >= 0.3 is 0 Å². The highest BCUT2D eigenvalue weighted by Gasteiger charge is 2.30. The zero-order valence-electron chi connectivity index (χ0n) is 15.8. The van der Waals surface area contributed by atoms with E-state index < -0.39 is 0 Å². The molecule has 0 amide bonds. The third kappa shape index (κ3) is 2.88. The molecule has 144 valence electrons. The largest absolute Gasteiger partial charge is 0.486 e. The predicted octanol–water partition coefficient (Wildman–Crippen LogP) is 4.65. The number of anilines is 1. The fourth-order valence-corrected chi connectivity index (χ4v) is 4.64. The number of rotatable bonds is 2. The van der Waals surface area contributed by atoms with E-state index in [-0.39, 0.29) is 6.04 Å². The summed E-state index contributed by atoms with van der Waals surface area (Å²) in [6.07, 6.45) is 1.97. The molecular weight excluding hydrogens is 370 g/mol. The average molecular weight is 394 g/mol. The standard InChI is InChI=1S/C22H23N3O2S/c1-2-18-21-16(15-5-3-4-6-17(15)24-21)9-10-25(18)22(28)23-14-7-8-19-20(13-14)27-12-11-26-19/h3-8,13,18,24H,2,9-12H2,1H3,(H,23,28). The van der Waals surface area contributed by atoms with Crippen LogP contribution in [0.1, 0.15) is 30.6 Å². The number of hydrogen-bond acceptors (Lipinski definition) is 3. The molecule has 1 aromatic heterocycles. The Balaban J connectivity index is 1.40. The van der Waals surface area contributed by atoms with Crippen molar-refractivity contribution in [1.29, 1.82) is 0 Å². The zero-order valence-corrected chi connectivity index (χ0v) is 16.6. The highest BCUT2D eigenvalue weighted by Crippen LogP contribution is 2.37. The molecule has 5 rings (SSSR count). The molecule has 1 atom stereocenters. The minimum atomic E-state index is 0.244. The first-order chi connectivity index (χ1) is 13.7. The molecule has 1 unspecified atom stereocenters. The normalized spacial score (nSPS) is 18.0. The molecule has 2 aliphatic rings. The Hall–Kier alpha value is -2.73. The van der Waals surface area contributed by atoms with Crippen molar-refractivity contribution in [2.75, 3.05) is 25.1 Å². The van der Waals surface area contributed by atoms with Crippen LogP contribution in [0.25, 0.3) is 10.9 Å². The van der Waals surface area contributed by atoms with Crippen molar-refractivity contribution in [2.45, 2.75) is 25.8 Å². The van der Waals surface area contributed by atoms with E-state index in [1.807, 2.05) is 18.2 Å². The van der Waals surface area contributed by atoms with Crippen molar-refractivity contribution < 1.29 is 9.47 Å². The molecule has 0 aliphatic carbocycles. The van der Waals surface area contributed by atoms with Gasteiger partial charge in [0.15, 0.2) is 16.6 Å². The molecule has 0 radical (unpaired) electrons. The van der Waals surface area contributed by atoms with Crippen molar-refractivity contribution in [3.8, 4) is 11.5 Å². The first-order valence-corrected chi connectivity index (χ1v) is 10.2. The molecule has 5 nitrogen and oxygen atoms in total. The van der Waals surface area contributed by atoms with Crippen molar-refractivity contribution in [2.24, 2.45) is 0 Å². The number of thiocarbonyl (C=S) groups is 1. The van der Waals surface area contributed by atoms with Crippen LogP contribution in [0.2, 0.25) is 0 Å². The van der Waals surface area contributed by atoms with E-state index >= 15 is 0 Å². The lowest BCUT2D eigenvalue weighted by molar-refractivity contribution is 0.171. The molecule has 2 aliphatic heterocycles. The van der Waals surface area contributed by atoms with Gasteiger partial charge in [0.2, 0.25) is 0 Å². The van der Waals surface area contributed by atoms with Gasteiger partial charge < -0.3 is 24.7 Å². The van der Waals surface area contributed by atoms with Gasteiger partial charge in [-0.1, -0.05) is 25.1 Å². The molecule has 0 spiro atoms. The summed E-state index contributed by atoms with van der Waals surface area (Å²) in [7, 11) is 0. The molecule has 0 bridgehead atoms. The van der Waals surface area contributed by atoms with E-state index in [9.17, 15) is 0 Å². The summed E-state index contributed by atoms with van der Waals surface area (Å²) in [5.74, 6) is 1.55. The topological polar surface area (TPSA) is 49.5 Å². The maximum absolute atomic E-state index is 5.79. The van der Waals surface area contributed by atoms with Gasteiger partial charge in [0.25, 0.3) is 0 Å². The Morgan fingerprint density at radius 2 is 2.00 bits per heavy atom. The monoisotopic (exact) mass is 393 g/mol. The van der Waals surface area contributed by atoms with Gasteiger partial charge in [-0.15, -0.1) is 0 Å². The van der Waals surface area contributed by atoms with Gasteiger partial charge in [-0.25, -0.2) is 0 Å². The van der Waals surface area contributed by atoms with Crippen LogP contribution < -0.4 is 14.8 Å². The average Bonchev–Trinajstić information content (AvgIpc) is 3.11. The second-order valence-corrected chi connectivity index (χ2v) is 7.61. The third-order valence-corrected chi connectivity index (χ3v) is 5.94. The van der Waals surface area contributed by atoms with E-state index in [4.69, 9.17) is 21.7 Å². The number of fused-ring (bicyclic) bond motifs is 4. The quantitative estimate of drug-likeness (QED) is 0.621. The van der Waals surface area contributed by atoms with Crippen molar-refractivity contribution in [3.63, 3.8) is 0 Å². The Kier molecular flexibility index (Phi) is 4.36. The van der Waals surface area contributed by atoms with Crippen LogP contribution in [0.4, 0.5) is 5.69 Å². The molecule has 2 aromatic carbocycles.